The summed E-state index contributed by atoms with van der Waals surface area (Å²) in [6, 6.07) is 10.8. The minimum Gasteiger partial charge on any atom is -0.381 e. The molecule has 2 aromatic carbocycles. The van der Waals surface area contributed by atoms with Gasteiger partial charge in [0.1, 0.15) is 10.7 Å². The van der Waals surface area contributed by atoms with Crippen LogP contribution in [-0.4, -0.2) is 23.1 Å². The molecule has 10 heteroatoms. The van der Waals surface area contributed by atoms with E-state index in [4.69, 9.17) is 16.1 Å². The molecule has 4 aromatic rings. The SMILES string of the molecule is Cc1noc(C)c1C(C)NS(=O)(=O)c1ccc(NCc2ccc3ncn(C(C)C)c3c2)cc1Cl. The number of rotatable bonds is 8. The van der Waals surface area contributed by atoms with Crippen LogP contribution in [0.15, 0.2) is 52.1 Å². The van der Waals surface area contributed by atoms with Gasteiger partial charge in [-0.3, -0.25) is 0 Å². The topological polar surface area (TPSA) is 102 Å². The Bertz CT molecular complexity index is 1420. The fourth-order valence-electron chi connectivity index (χ4n) is 4.09. The van der Waals surface area contributed by atoms with Gasteiger partial charge in [0.25, 0.3) is 0 Å². The summed E-state index contributed by atoms with van der Waals surface area (Å²) in [5, 5.41) is 7.34. The lowest BCUT2D eigenvalue weighted by atomic mass is 10.1. The number of anilines is 1. The van der Waals surface area contributed by atoms with Gasteiger partial charge in [-0.1, -0.05) is 22.8 Å². The fourth-order valence-corrected chi connectivity index (χ4v) is 5.85. The van der Waals surface area contributed by atoms with Crippen molar-refractivity contribution in [1.82, 2.24) is 19.4 Å². The Hall–Kier alpha value is -2.88. The maximum absolute atomic E-state index is 13.0. The normalized spacial score (nSPS) is 13.0. The zero-order valence-electron chi connectivity index (χ0n) is 19.8. The quantitative estimate of drug-likeness (QED) is 0.329. The largest absolute Gasteiger partial charge is 0.381 e. The Morgan fingerprint density at radius 3 is 2.53 bits per heavy atom. The van der Waals surface area contributed by atoms with Crippen molar-refractivity contribution in [2.45, 2.75) is 58.1 Å². The molecule has 0 saturated carbocycles. The Kier molecular flexibility index (Phi) is 6.71. The number of fused-ring (bicyclic) bond motifs is 1. The third-order valence-electron chi connectivity index (χ3n) is 5.77. The zero-order chi connectivity index (χ0) is 24.6. The number of nitrogens with one attached hydrogen (secondary N) is 2. The third kappa shape index (κ3) is 4.82. The van der Waals surface area contributed by atoms with Gasteiger partial charge >= 0.3 is 0 Å². The monoisotopic (exact) mass is 501 g/mol. The van der Waals surface area contributed by atoms with Crippen molar-refractivity contribution in [3.05, 3.63) is 70.3 Å². The number of imidazole rings is 1. The van der Waals surface area contributed by atoms with Crippen LogP contribution < -0.4 is 10.0 Å². The van der Waals surface area contributed by atoms with E-state index in [2.05, 4.69) is 44.7 Å². The van der Waals surface area contributed by atoms with Crippen LogP contribution in [0, 0.1) is 13.8 Å². The van der Waals surface area contributed by atoms with E-state index in [1.165, 1.54) is 6.07 Å². The molecule has 1 atom stereocenters. The summed E-state index contributed by atoms with van der Waals surface area (Å²) in [6.07, 6.45) is 1.85. The van der Waals surface area contributed by atoms with Crippen LogP contribution in [0.25, 0.3) is 11.0 Å². The lowest BCUT2D eigenvalue weighted by Crippen LogP contribution is -2.27. The molecule has 1 unspecified atom stereocenters. The lowest BCUT2D eigenvalue weighted by Gasteiger charge is -2.16. The number of aryl methyl sites for hydroxylation is 2. The molecule has 0 amide bonds. The van der Waals surface area contributed by atoms with Crippen molar-refractivity contribution in [3.8, 4) is 0 Å². The van der Waals surface area contributed by atoms with Crippen molar-refractivity contribution in [2.24, 2.45) is 0 Å². The molecule has 2 aromatic heterocycles. The van der Waals surface area contributed by atoms with Crippen molar-refractivity contribution < 1.29 is 12.9 Å². The van der Waals surface area contributed by atoms with E-state index in [0.29, 0.717) is 29.6 Å². The second-order valence-electron chi connectivity index (χ2n) is 8.65. The molecule has 180 valence electrons. The molecule has 2 N–H and O–H groups in total. The smallest absolute Gasteiger partial charge is 0.242 e. The Morgan fingerprint density at radius 1 is 1.12 bits per heavy atom. The number of hydrogen-bond acceptors (Lipinski definition) is 6. The van der Waals surface area contributed by atoms with Gasteiger partial charge in [-0.2, -0.15) is 0 Å². The van der Waals surface area contributed by atoms with Crippen molar-refractivity contribution in [2.75, 3.05) is 5.32 Å². The molecule has 0 aliphatic rings. The van der Waals surface area contributed by atoms with Crippen molar-refractivity contribution in [1.29, 1.82) is 0 Å². The molecule has 0 bridgehead atoms. The van der Waals surface area contributed by atoms with Crippen molar-refractivity contribution >= 4 is 38.3 Å². The van der Waals surface area contributed by atoms with Gasteiger partial charge in [0.2, 0.25) is 10.0 Å². The molecular formula is C24H28ClN5O3S. The van der Waals surface area contributed by atoms with Crippen molar-refractivity contribution in [3.63, 3.8) is 0 Å². The minimum absolute atomic E-state index is 0.0144. The third-order valence-corrected chi connectivity index (χ3v) is 7.79. The second-order valence-corrected chi connectivity index (χ2v) is 10.7. The van der Waals surface area contributed by atoms with E-state index in [1.54, 1.807) is 32.9 Å². The van der Waals surface area contributed by atoms with Gasteiger partial charge in [0.15, 0.2) is 0 Å². The zero-order valence-corrected chi connectivity index (χ0v) is 21.3. The summed E-state index contributed by atoms with van der Waals surface area (Å²) in [7, 11) is -3.85. The average Bonchev–Trinajstić information content (AvgIpc) is 3.34. The van der Waals surface area contributed by atoms with Gasteiger partial charge in [-0.25, -0.2) is 18.1 Å². The first-order valence-electron chi connectivity index (χ1n) is 11.0. The Labute approximate surface area is 204 Å². The van der Waals surface area contributed by atoms with Gasteiger partial charge in [-0.05, 0) is 70.5 Å². The fraction of sp³-hybridized carbons (Fsp3) is 0.333. The summed E-state index contributed by atoms with van der Waals surface area (Å²) < 4.78 is 35.9. The van der Waals surface area contributed by atoms with Gasteiger partial charge in [0, 0.05) is 29.9 Å². The molecule has 0 fully saturated rings. The highest BCUT2D eigenvalue weighted by Crippen LogP contribution is 2.28. The maximum Gasteiger partial charge on any atom is 0.242 e. The van der Waals surface area contributed by atoms with E-state index in [-0.39, 0.29) is 9.92 Å². The summed E-state index contributed by atoms with van der Waals surface area (Å²) >= 11 is 6.38. The minimum atomic E-state index is -3.85. The molecule has 0 spiro atoms. The molecule has 0 aliphatic heterocycles. The van der Waals surface area contributed by atoms with Crippen LogP contribution in [0.1, 0.15) is 55.4 Å². The first-order chi connectivity index (χ1) is 16.1. The summed E-state index contributed by atoms with van der Waals surface area (Å²) in [5.74, 6) is 0.577. The van der Waals surface area contributed by atoms with Gasteiger partial charge < -0.3 is 14.4 Å². The molecule has 4 rings (SSSR count). The number of aromatic nitrogens is 3. The highest BCUT2D eigenvalue weighted by atomic mass is 35.5. The Morgan fingerprint density at radius 2 is 1.88 bits per heavy atom. The molecule has 8 nitrogen and oxygen atoms in total. The highest BCUT2D eigenvalue weighted by Gasteiger charge is 2.25. The molecule has 0 radical (unpaired) electrons. The van der Waals surface area contributed by atoms with Crippen LogP contribution in [0.4, 0.5) is 5.69 Å². The molecule has 34 heavy (non-hydrogen) atoms. The maximum atomic E-state index is 13.0. The second kappa shape index (κ2) is 9.40. The highest BCUT2D eigenvalue weighted by molar-refractivity contribution is 7.89. The van der Waals surface area contributed by atoms with Crippen LogP contribution in [0.2, 0.25) is 5.02 Å². The van der Waals surface area contributed by atoms with E-state index < -0.39 is 16.1 Å². The summed E-state index contributed by atoms with van der Waals surface area (Å²) in [5.41, 5.74) is 5.19. The molecule has 0 saturated heterocycles. The molecule has 2 heterocycles. The Balaban J connectivity index is 1.48. The standard InChI is InChI=1S/C24H28ClN5O3S/c1-14(2)30-13-27-21-8-6-18(10-22(21)30)12-26-19-7-9-23(20(25)11-19)34(31,32)29-16(4)24-15(3)28-33-17(24)5/h6-11,13-14,16,26,29H,12H2,1-5H3. The summed E-state index contributed by atoms with van der Waals surface area (Å²) in [6.45, 7) is 10.1. The van der Waals surface area contributed by atoms with E-state index in [9.17, 15) is 8.42 Å². The van der Waals surface area contributed by atoms with E-state index in [1.807, 2.05) is 18.5 Å². The molecule has 0 aliphatic carbocycles. The van der Waals surface area contributed by atoms with Crippen LogP contribution in [0.5, 0.6) is 0 Å². The molecular weight excluding hydrogens is 474 g/mol. The number of hydrogen-bond donors (Lipinski definition) is 2. The lowest BCUT2D eigenvalue weighted by molar-refractivity contribution is 0.391. The van der Waals surface area contributed by atoms with Crippen LogP contribution in [-0.2, 0) is 16.6 Å². The summed E-state index contributed by atoms with van der Waals surface area (Å²) in [4.78, 5) is 4.46. The average molecular weight is 502 g/mol. The predicted octanol–water partition coefficient (Wildman–Crippen LogP) is 5.53. The number of nitrogens with zero attached hydrogens (tertiary/aromatic N) is 3. The van der Waals surface area contributed by atoms with Gasteiger partial charge in [0.05, 0.1) is 28.1 Å². The predicted molar refractivity (Wildman–Crippen MR) is 134 cm³/mol. The van der Waals surface area contributed by atoms with E-state index in [0.717, 1.165) is 22.3 Å². The first-order valence-corrected chi connectivity index (χ1v) is 12.9. The number of halogens is 1. The van der Waals surface area contributed by atoms with Crippen LogP contribution >= 0.6 is 11.6 Å². The van der Waals surface area contributed by atoms with Gasteiger partial charge in [-0.15, -0.1) is 0 Å². The number of benzene rings is 2. The first kappa shape index (κ1) is 24.3. The van der Waals surface area contributed by atoms with E-state index >= 15 is 0 Å². The number of sulfonamides is 1. The van der Waals surface area contributed by atoms with Crippen LogP contribution in [0.3, 0.4) is 0 Å².